The average molecular weight is 317 g/mol. The summed E-state index contributed by atoms with van der Waals surface area (Å²) in [4.78, 5) is 11.8. The van der Waals surface area contributed by atoms with Gasteiger partial charge in [-0.1, -0.05) is 11.6 Å². The predicted molar refractivity (Wildman–Crippen MR) is 86.5 cm³/mol. The number of rotatable bonds is 5. The zero-order valence-corrected chi connectivity index (χ0v) is 13.6. The molecule has 1 aromatic rings. The largest absolute Gasteiger partial charge is 0.397 e. The Kier molecular flexibility index (Phi) is 6.02. The van der Waals surface area contributed by atoms with Crippen LogP contribution in [0.15, 0.2) is 18.2 Å². The minimum absolute atomic E-state index is 0.134. The summed E-state index contributed by atoms with van der Waals surface area (Å²) in [5, 5.41) is 3.26. The standard InChI is InChI=1S/C14H21ClN2O2S/c1-14(2,3)20(19)8-4-5-13(18)17-12-7-6-10(15)9-11(12)16/h6-7,9H,4-5,8,16H2,1-3H3,(H,17,18). The van der Waals surface area contributed by atoms with E-state index in [0.717, 1.165) is 0 Å². The number of benzene rings is 1. The molecule has 0 saturated heterocycles. The maximum Gasteiger partial charge on any atom is 0.224 e. The minimum atomic E-state index is -0.930. The molecular weight excluding hydrogens is 296 g/mol. The maximum atomic E-state index is 11.8. The third kappa shape index (κ3) is 5.51. The Balaban J connectivity index is 2.43. The highest BCUT2D eigenvalue weighted by atomic mass is 35.5. The summed E-state index contributed by atoms with van der Waals surface area (Å²) in [6.45, 7) is 5.78. The molecule has 1 unspecified atom stereocenters. The van der Waals surface area contributed by atoms with E-state index in [2.05, 4.69) is 5.32 Å². The van der Waals surface area contributed by atoms with Crippen molar-refractivity contribution in [3.63, 3.8) is 0 Å². The molecule has 0 spiro atoms. The molecule has 1 aromatic carbocycles. The van der Waals surface area contributed by atoms with Gasteiger partial charge >= 0.3 is 0 Å². The monoisotopic (exact) mass is 316 g/mol. The molecular formula is C14H21ClN2O2S. The highest BCUT2D eigenvalue weighted by Crippen LogP contribution is 2.22. The third-order valence-electron chi connectivity index (χ3n) is 2.70. The van der Waals surface area contributed by atoms with Gasteiger partial charge < -0.3 is 11.1 Å². The van der Waals surface area contributed by atoms with Crippen LogP contribution >= 0.6 is 11.6 Å². The van der Waals surface area contributed by atoms with Gasteiger partial charge in [-0.3, -0.25) is 9.00 Å². The molecule has 112 valence electrons. The van der Waals surface area contributed by atoms with Gasteiger partial charge in [0.15, 0.2) is 0 Å². The van der Waals surface area contributed by atoms with Gasteiger partial charge in [-0.2, -0.15) is 0 Å². The molecule has 0 aliphatic heterocycles. The fourth-order valence-corrected chi connectivity index (χ4v) is 2.73. The zero-order valence-electron chi connectivity index (χ0n) is 12.0. The second kappa shape index (κ2) is 7.09. The summed E-state index contributed by atoms with van der Waals surface area (Å²) in [5.41, 5.74) is 6.74. The van der Waals surface area contributed by atoms with Gasteiger partial charge in [-0.15, -0.1) is 0 Å². The second-order valence-electron chi connectivity index (χ2n) is 5.55. The fourth-order valence-electron chi connectivity index (χ4n) is 1.53. The van der Waals surface area contributed by atoms with E-state index in [1.165, 1.54) is 0 Å². The van der Waals surface area contributed by atoms with Gasteiger partial charge in [0.05, 0.1) is 11.4 Å². The number of nitrogen functional groups attached to an aromatic ring is 1. The van der Waals surface area contributed by atoms with Crippen LogP contribution in [-0.4, -0.2) is 20.6 Å². The van der Waals surface area contributed by atoms with Gasteiger partial charge in [0.2, 0.25) is 5.91 Å². The molecule has 0 heterocycles. The number of hydrogen-bond donors (Lipinski definition) is 2. The summed E-state index contributed by atoms with van der Waals surface area (Å²) in [6.07, 6.45) is 0.910. The van der Waals surface area contributed by atoms with Crippen molar-refractivity contribution in [1.82, 2.24) is 0 Å². The Morgan fingerprint density at radius 1 is 1.40 bits per heavy atom. The molecule has 20 heavy (non-hydrogen) atoms. The van der Waals surface area contributed by atoms with E-state index in [1.54, 1.807) is 18.2 Å². The SMILES string of the molecule is CC(C)(C)S(=O)CCCC(=O)Nc1ccc(Cl)cc1N. The molecule has 1 amide bonds. The molecule has 0 aliphatic rings. The van der Waals surface area contributed by atoms with Crippen LogP contribution in [0.2, 0.25) is 5.02 Å². The predicted octanol–water partition coefficient (Wildman–Crippen LogP) is 3.19. The van der Waals surface area contributed by atoms with Gasteiger partial charge in [0, 0.05) is 32.7 Å². The summed E-state index contributed by atoms with van der Waals surface area (Å²) in [7, 11) is -0.930. The first-order valence-electron chi connectivity index (χ1n) is 6.43. The average Bonchev–Trinajstić information content (AvgIpc) is 2.31. The van der Waals surface area contributed by atoms with Crippen LogP contribution in [0.5, 0.6) is 0 Å². The van der Waals surface area contributed by atoms with Crippen molar-refractivity contribution in [2.45, 2.75) is 38.4 Å². The van der Waals surface area contributed by atoms with Crippen molar-refractivity contribution in [2.24, 2.45) is 0 Å². The third-order valence-corrected chi connectivity index (χ3v) is 4.96. The number of hydrogen-bond acceptors (Lipinski definition) is 3. The van der Waals surface area contributed by atoms with Crippen molar-refractivity contribution in [1.29, 1.82) is 0 Å². The molecule has 0 fully saturated rings. The van der Waals surface area contributed by atoms with E-state index in [0.29, 0.717) is 35.0 Å². The van der Waals surface area contributed by atoms with E-state index < -0.39 is 10.8 Å². The maximum absolute atomic E-state index is 11.8. The quantitative estimate of drug-likeness (QED) is 0.819. The fraction of sp³-hybridized carbons (Fsp3) is 0.500. The summed E-state index contributed by atoms with van der Waals surface area (Å²) < 4.78 is 11.6. The van der Waals surface area contributed by atoms with Crippen LogP contribution < -0.4 is 11.1 Å². The molecule has 4 nitrogen and oxygen atoms in total. The number of nitrogens with one attached hydrogen (secondary N) is 1. The van der Waals surface area contributed by atoms with Crippen molar-refractivity contribution in [3.05, 3.63) is 23.2 Å². The lowest BCUT2D eigenvalue weighted by Crippen LogP contribution is -2.24. The summed E-state index contributed by atoms with van der Waals surface area (Å²) in [6, 6.07) is 4.93. The Bertz CT molecular complexity index is 512. The number of carbonyl (C=O) groups excluding carboxylic acids is 1. The Hall–Kier alpha value is -1.07. The molecule has 0 radical (unpaired) electrons. The summed E-state index contributed by atoms with van der Waals surface area (Å²) in [5.74, 6) is 0.387. The molecule has 6 heteroatoms. The van der Waals surface area contributed by atoms with E-state index in [-0.39, 0.29) is 10.7 Å². The Labute approximate surface area is 127 Å². The lowest BCUT2D eigenvalue weighted by Gasteiger charge is -2.17. The van der Waals surface area contributed by atoms with Crippen LogP contribution in [0.25, 0.3) is 0 Å². The van der Waals surface area contributed by atoms with Crippen molar-refractivity contribution < 1.29 is 9.00 Å². The summed E-state index contributed by atoms with van der Waals surface area (Å²) >= 11 is 5.79. The van der Waals surface area contributed by atoms with Gasteiger partial charge in [0.25, 0.3) is 0 Å². The first kappa shape index (κ1) is 17.0. The van der Waals surface area contributed by atoms with Crippen LogP contribution in [0.1, 0.15) is 33.6 Å². The van der Waals surface area contributed by atoms with Crippen LogP contribution in [0.3, 0.4) is 0 Å². The van der Waals surface area contributed by atoms with Crippen molar-refractivity contribution >= 4 is 39.7 Å². The highest BCUT2D eigenvalue weighted by molar-refractivity contribution is 7.86. The smallest absolute Gasteiger partial charge is 0.224 e. The van der Waals surface area contributed by atoms with Gasteiger partial charge in [-0.25, -0.2) is 0 Å². The molecule has 0 bridgehead atoms. The molecule has 1 rings (SSSR count). The van der Waals surface area contributed by atoms with E-state index in [9.17, 15) is 9.00 Å². The molecule has 1 atom stereocenters. The Morgan fingerprint density at radius 2 is 2.05 bits per heavy atom. The zero-order chi connectivity index (χ0) is 15.3. The van der Waals surface area contributed by atoms with Crippen molar-refractivity contribution in [2.75, 3.05) is 16.8 Å². The van der Waals surface area contributed by atoms with E-state index >= 15 is 0 Å². The first-order chi connectivity index (χ1) is 9.20. The van der Waals surface area contributed by atoms with Crippen LogP contribution in [-0.2, 0) is 15.6 Å². The Morgan fingerprint density at radius 3 is 2.60 bits per heavy atom. The lowest BCUT2D eigenvalue weighted by atomic mass is 10.2. The first-order valence-corrected chi connectivity index (χ1v) is 8.13. The molecule has 3 N–H and O–H groups in total. The lowest BCUT2D eigenvalue weighted by molar-refractivity contribution is -0.116. The number of halogens is 1. The number of anilines is 2. The van der Waals surface area contributed by atoms with Gasteiger partial charge in [0.1, 0.15) is 0 Å². The molecule has 0 aliphatic carbocycles. The van der Waals surface area contributed by atoms with Crippen molar-refractivity contribution in [3.8, 4) is 0 Å². The van der Waals surface area contributed by atoms with Gasteiger partial charge in [-0.05, 0) is 45.4 Å². The normalized spacial score (nSPS) is 13.0. The topological polar surface area (TPSA) is 72.2 Å². The molecule has 0 aromatic heterocycles. The minimum Gasteiger partial charge on any atom is -0.397 e. The van der Waals surface area contributed by atoms with Crippen LogP contribution in [0.4, 0.5) is 11.4 Å². The highest BCUT2D eigenvalue weighted by Gasteiger charge is 2.19. The van der Waals surface area contributed by atoms with Crippen LogP contribution in [0, 0.1) is 0 Å². The number of carbonyl (C=O) groups is 1. The van der Waals surface area contributed by atoms with E-state index in [4.69, 9.17) is 17.3 Å². The number of nitrogens with two attached hydrogens (primary N) is 1. The molecule has 0 saturated carbocycles. The van der Waals surface area contributed by atoms with E-state index in [1.807, 2.05) is 20.8 Å². The number of amides is 1. The second-order valence-corrected chi connectivity index (χ2v) is 8.31.